The Morgan fingerprint density at radius 3 is 3.25 bits per heavy atom. The molecular formula is C11H16N4O. The number of nitrogens with two attached hydrogens (primary N) is 1. The summed E-state index contributed by atoms with van der Waals surface area (Å²) in [5.74, 6) is 0.124. The standard InChI is InChI=1S/C11H16N4O/c12-10(16)9-4-2-6-14-11(9)15-7-8-3-1-5-13-8/h2,4,6,8,13H,1,3,5,7H2,(H2,12,16)(H,14,15). The van der Waals surface area contributed by atoms with Crippen LogP contribution in [0.25, 0.3) is 0 Å². The van der Waals surface area contributed by atoms with E-state index in [1.54, 1.807) is 18.3 Å². The molecule has 1 unspecified atom stereocenters. The number of rotatable bonds is 4. The zero-order chi connectivity index (χ0) is 11.4. The topological polar surface area (TPSA) is 80.0 Å². The van der Waals surface area contributed by atoms with Crippen molar-refractivity contribution in [1.82, 2.24) is 10.3 Å². The summed E-state index contributed by atoms with van der Waals surface area (Å²) in [6.07, 6.45) is 4.01. The lowest BCUT2D eigenvalue weighted by Gasteiger charge is -2.13. The summed E-state index contributed by atoms with van der Waals surface area (Å²) in [5.41, 5.74) is 5.71. The van der Waals surface area contributed by atoms with Crippen molar-refractivity contribution in [3.05, 3.63) is 23.9 Å². The minimum atomic E-state index is -0.449. The Bertz CT molecular complexity index is 374. The summed E-state index contributed by atoms with van der Waals surface area (Å²) in [6.45, 7) is 1.84. The summed E-state index contributed by atoms with van der Waals surface area (Å²) in [6, 6.07) is 3.85. The van der Waals surface area contributed by atoms with Crippen molar-refractivity contribution in [1.29, 1.82) is 0 Å². The summed E-state index contributed by atoms with van der Waals surface area (Å²) in [5, 5.41) is 6.53. The second-order valence-electron chi connectivity index (χ2n) is 3.94. The molecule has 0 aromatic carbocycles. The smallest absolute Gasteiger partial charge is 0.252 e. The van der Waals surface area contributed by atoms with E-state index in [-0.39, 0.29) is 0 Å². The molecule has 5 nitrogen and oxygen atoms in total. The van der Waals surface area contributed by atoms with Crippen LogP contribution in [0.1, 0.15) is 23.2 Å². The van der Waals surface area contributed by atoms with Crippen molar-refractivity contribution in [2.75, 3.05) is 18.4 Å². The molecule has 1 amide bonds. The quantitative estimate of drug-likeness (QED) is 0.683. The molecule has 1 aromatic heterocycles. The third kappa shape index (κ3) is 2.49. The fraction of sp³-hybridized carbons (Fsp3) is 0.455. The van der Waals surface area contributed by atoms with Crippen LogP contribution in [0.3, 0.4) is 0 Å². The first-order valence-corrected chi connectivity index (χ1v) is 5.49. The normalized spacial score (nSPS) is 19.6. The van der Waals surface area contributed by atoms with Crippen molar-refractivity contribution in [2.24, 2.45) is 5.73 Å². The minimum Gasteiger partial charge on any atom is -0.368 e. The van der Waals surface area contributed by atoms with Gasteiger partial charge >= 0.3 is 0 Å². The predicted octanol–water partition coefficient (Wildman–Crippen LogP) is 0.344. The molecule has 0 spiro atoms. The highest BCUT2D eigenvalue weighted by molar-refractivity contribution is 5.97. The van der Waals surface area contributed by atoms with Crippen molar-refractivity contribution in [3.63, 3.8) is 0 Å². The number of anilines is 1. The lowest BCUT2D eigenvalue weighted by Crippen LogP contribution is -2.30. The molecule has 86 valence electrons. The first kappa shape index (κ1) is 10.9. The Balaban J connectivity index is 2.00. The molecule has 1 aliphatic heterocycles. The highest BCUT2D eigenvalue weighted by Crippen LogP contribution is 2.12. The van der Waals surface area contributed by atoms with Crippen LogP contribution in [0.15, 0.2) is 18.3 Å². The summed E-state index contributed by atoms with van der Waals surface area (Å²) in [4.78, 5) is 15.3. The monoisotopic (exact) mass is 220 g/mol. The molecule has 1 aliphatic rings. The molecule has 1 aromatic rings. The number of amides is 1. The molecule has 1 saturated heterocycles. The molecule has 4 N–H and O–H groups in total. The Kier molecular flexibility index (Phi) is 3.36. The van der Waals surface area contributed by atoms with Crippen LogP contribution in [0.2, 0.25) is 0 Å². The van der Waals surface area contributed by atoms with Gasteiger partial charge in [-0.15, -0.1) is 0 Å². The SMILES string of the molecule is NC(=O)c1cccnc1NCC1CCCN1. The molecule has 0 aliphatic carbocycles. The zero-order valence-corrected chi connectivity index (χ0v) is 9.07. The number of carbonyl (C=O) groups is 1. The lowest BCUT2D eigenvalue weighted by molar-refractivity contribution is 0.100. The van der Waals surface area contributed by atoms with Crippen molar-refractivity contribution in [2.45, 2.75) is 18.9 Å². The first-order valence-electron chi connectivity index (χ1n) is 5.49. The van der Waals surface area contributed by atoms with Gasteiger partial charge in [0.15, 0.2) is 0 Å². The average molecular weight is 220 g/mol. The molecular weight excluding hydrogens is 204 g/mol. The van der Waals surface area contributed by atoms with Gasteiger partial charge in [0, 0.05) is 18.8 Å². The second-order valence-corrected chi connectivity index (χ2v) is 3.94. The van der Waals surface area contributed by atoms with Crippen LogP contribution in [0, 0.1) is 0 Å². The fourth-order valence-corrected chi connectivity index (χ4v) is 1.90. The number of pyridine rings is 1. The predicted molar refractivity (Wildman–Crippen MR) is 62.3 cm³/mol. The van der Waals surface area contributed by atoms with Gasteiger partial charge in [-0.2, -0.15) is 0 Å². The molecule has 1 atom stereocenters. The van der Waals surface area contributed by atoms with Crippen LogP contribution < -0.4 is 16.4 Å². The van der Waals surface area contributed by atoms with Gasteiger partial charge in [-0.3, -0.25) is 4.79 Å². The number of hydrogen-bond donors (Lipinski definition) is 3. The van der Waals surface area contributed by atoms with Crippen LogP contribution in [0.4, 0.5) is 5.82 Å². The maximum Gasteiger partial charge on any atom is 0.252 e. The van der Waals surface area contributed by atoms with Crippen LogP contribution >= 0.6 is 0 Å². The Hall–Kier alpha value is -1.62. The van der Waals surface area contributed by atoms with E-state index in [1.165, 1.54) is 6.42 Å². The highest BCUT2D eigenvalue weighted by Gasteiger charge is 2.15. The van der Waals surface area contributed by atoms with Gasteiger partial charge in [0.2, 0.25) is 0 Å². The lowest BCUT2D eigenvalue weighted by atomic mass is 10.2. The zero-order valence-electron chi connectivity index (χ0n) is 9.07. The van der Waals surface area contributed by atoms with E-state index in [1.807, 2.05) is 0 Å². The van der Waals surface area contributed by atoms with Crippen molar-refractivity contribution in [3.8, 4) is 0 Å². The number of nitrogens with zero attached hydrogens (tertiary/aromatic N) is 1. The number of nitrogens with one attached hydrogen (secondary N) is 2. The highest BCUT2D eigenvalue weighted by atomic mass is 16.1. The maximum absolute atomic E-state index is 11.1. The van der Waals surface area contributed by atoms with E-state index in [9.17, 15) is 4.79 Å². The van der Waals surface area contributed by atoms with E-state index < -0.39 is 5.91 Å². The molecule has 0 radical (unpaired) electrons. The molecule has 2 heterocycles. The van der Waals surface area contributed by atoms with Crippen LogP contribution in [-0.4, -0.2) is 30.0 Å². The fourth-order valence-electron chi connectivity index (χ4n) is 1.90. The molecule has 0 saturated carbocycles. The van der Waals surface area contributed by atoms with Crippen molar-refractivity contribution < 1.29 is 4.79 Å². The Morgan fingerprint density at radius 2 is 2.56 bits per heavy atom. The molecule has 5 heteroatoms. The summed E-state index contributed by atoms with van der Waals surface area (Å²) in [7, 11) is 0. The van der Waals surface area contributed by atoms with Gasteiger partial charge in [0.25, 0.3) is 5.91 Å². The first-order chi connectivity index (χ1) is 7.77. The third-order valence-corrected chi connectivity index (χ3v) is 2.75. The minimum absolute atomic E-state index is 0.445. The van der Waals surface area contributed by atoms with E-state index in [0.717, 1.165) is 19.5 Å². The van der Waals surface area contributed by atoms with Gasteiger partial charge in [-0.05, 0) is 31.5 Å². The molecule has 2 rings (SSSR count). The number of hydrogen-bond acceptors (Lipinski definition) is 4. The Morgan fingerprint density at radius 1 is 1.69 bits per heavy atom. The van der Waals surface area contributed by atoms with Gasteiger partial charge in [0.05, 0.1) is 5.56 Å². The van der Waals surface area contributed by atoms with E-state index in [4.69, 9.17) is 5.73 Å². The second kappa shape index (κ2) is 4.94. The van der Waals surface area contributed by atoms with Crippen molar-refractivity contribution >= 4 is 11.7 Å². The third-order valence-electron chi connectivity index (χ3n) is 2.75. The average Bonchev–Trinajstić information content (AvgIpc) is 2.79. The van der Waals surface area contributed by atoms with E-state index >= 15 is 0 Å². The summed E-state index contributed by atoms with van der Waals surface area (Å²) >= 11 is 0. The van der Waals surface area contributed by atoms with E-state index in [0.29, 0.717) is 17.4 Å². The van der Waals surface area contributed by atoms with Crippen LogP contribution in [-0.2, 0) is 0 Å². The Labute approximate surface area is 94.4 Å². The van der Waals surface area contributed by atoms with Crippen LogP contribution in [0.5, 0.6) is 0 Å². The van der Waals surface area contributed by atoms with E-state index in [2.05, 4.69) is 15.6 Å². The molecule has 0 bridgehead atoms. The maximum atomic E-state index is 11.1. The summed E-state index contributed by atoms with van der Waals surface area (Å²) < 4.78 is 0. The molecule has 1 fully saturated rings. The number of aromatic nitrogens is 1. The van der Waals surface area contributed by atoms with Gasteiger partial charge in [-0.25, -0.2) is 4.98 Å². The molecule has 16 heavy (non-hydrogen) atoms. The number of primary amides is 1. The largest absolute Gasteiger partial charge is 0.368 e. The van der Waals surface area contributed by atoms with Gasteiger partial charge < -0.3 is 16.4 Å². The number of carbonyl (C=O) groups excluding carboxylic acids is 1. The van der Waals surface area contributed by atoms with Gasteiger partial charge in [0.1, 0.15) is 5.82 Å². The van der Waals surface area contributed by atoms with Gasteiger partial charge in [-0.1, -0.05) is 0 Å².